The van der Waals surface area contributed by atoms with Crippen molar-refractivity contribution in [3.8, 4) is 0 Å². The van der Waals surface area contributed by atoms with Gasteiger partial charge < -0.3 is 10.1 Å². The zero-order chi connectivity index (χ0) is 12.5. The van der Waals surface area contributed by atoms with Gasteiger partial charge in [0.05, 0.1) is 6.61 Å². The van der Waals surface area contributed by atoms with Crippen molar-refractivity contribution in [2.24, 2.45) is 5.92 Å². The maximum absolute atomic E-state index is 12.8. The molecule has 0 saturated carbocycles. The van der Waals surface area contributed by atoms with Gasteiger partial charge in [0.25, 0.3) is 0 Å². The minimum absolute atomic E-state index is 0.167. The van der Waals surface area contributed by atoms with Crippen molar-refractivity contribution in [3.05, 3.63) is 35.6 Å². The molecule has 0 aromatic heterocycles. The summed E-state index contributed by atoms with van der Waals surface area (Å²) in [5, 5.41) is 3.37. The lowest BCUT2D eigenvalue weighted by Gasteiger charge is -2.15. The molecule has 0 aliphatic carbocycles. The fourth-order valence-corrected chi connectivity index (χ4v) is 1.80. The van der Waals surface area contributed by atoms with E-state index in [1.807, 2.05) is 12.1 Å². The van der Waals surface area contributed by atoms with Crippen LogP contribution >= 0.6 is 0 Å². The second-order valence-electron chi connectivity index (χ2n) is 4.30. The monoisotopic (exact) mass is 239 g/mol. The van der Waals surface area contributed by atoms with Gasteiger partial charge in [-0.2, -0.15) is 0 Å². The molecule has 1 aromatic rings. The first-order chi connectivity index (χ1) is 8.26. The van der Waals surface area contributed by atoms with Crippen molar-refractivity contribution in [1.82, 2.24) is 5.32 Å². The zero-order valence-corrected chi connectivity index (χ0v) is 10.7. The van der Waals surface area contributed by atoms with Gasteiger partial charge in [-0.3, -0.25) is 0 Å². The topological polar surface area (TPSA) is 21.3 Å². The SMILES string of the molecule is CCC(CNCCOC)Cc1ccc(F)cc1. The Morgan fingerprint density at radius 2 is 2.00 bits per heavy atom. The van der Waals surface area contributed by atoms with E-state index in [0.717, 1.165) is 32.5 Å². The summed E-state index contributed by atoms with van der Waals surface area (Å²) in [6, 6.07) is 6.79. The number of ether oxygens (including phenoxy) is 1. The molecule has 0 aliphatic rings. The lowest BCUT2D eigenvalue weighted by molar-refractivity contribution is 0.197. The third-order valence-electron chi connectivity index (χ3n) is 2.93. The molecule has 0 aliphatic heterocycles. The first kappa shape index (κ1) is 14.1. The average Bonchev–Trinajstić information content (AvgIpc) is 2.35. The van der Waals surface area contributed by atoms with Crippen LogP contribution in [0.3, 0.4) is 0 Å². The highest BCUT2D eigenvalue weighted by Crippen LogP contribution is 2.12. The smallest absolute Gasteiger partial charge is 0.123 e. The Kier molecular flexibility index (Phi) is 6.82. The summed E-state index contributed by atoms with van der Waals surface area (Å²) in [4.78, 5) is 0. The Bertz CT molecular complexity index is 300. The number of hydrogen-bond acceptors (Lipinski definition) is 2. The first-order valence-electron chi connectivity index (χ1n) is 6.20. The normalized spacial score (nSPS) is 12.6. The molecule has 96 valence electrons. The van der Waals surface area contributed by atoms with Gasteiger partial charge >= 0.3 is 0 Å². The van der Waals surface area contributed by atoms with Crippen molar-refractivity contribution in [2.45, 2.75) is 19.8 Å². The van der Waals surface area contributed by atoms with Crippen LogP contribution in [0.1, 0.15) is 18.9 Å². The van der Waals surface area contributed by atoms with Crippen LogP contribution in [0.4, 0.5) is 4.39 Å². The number of rotatable bonds is 8. The van der Waals surface area contributed by atoms with E-state index in [4.69, 9.17) is 4.74 Å². The molecular formula is C14H22FNO. The van der Waals surface area contributed by atoms with E-state index in [1.54, 1.807) is 7.11 Å². The molecule has 0 radical (unpaired) electrons. The number of nitrogens with one attached hydrogen (secondary N) is 1. The van der Waals surface area contributed by atoms with E-state index >= 15 is 0 Å². The van der Waals surface area contributed by atoms with E-state index < -0.39 is 0 Å². The van der Waals surface area contributed by atoms with Gasteiger partial charge in [-0.25, -0.2) is 4.39 Å². The Labute approximate surface area is 103 Å². The van der Waals surface area contributed by atoms with E-state index in [-0.39, 0.29) is 5.82 Å². The summed E-state index contributed by atoms with van der Waals surface area (Å²) in [5.41, 5.74) is 1.20. The van der Waals surface area contributed by atoms with Gasteiger partial charge in [0.15, 0.2) is 0 Å². The minimum Gasteiger partial charge on any atom is -0.383 e. The fourth-order valence-electron chi connectivity index (χ4n) is 1.80. The number of benzene rings is 1. The number of hydrogen-bond donors (Lipinski definition) is 1. The highest BCUT2D eigenvalue weighted by atomic mass is 19.1. The quantitative estimate of drug-likeness (QED) is 0.704. The Hall–Kier alpha value is -0.930. The van der Waals surface area contributed by atoms with Crippen LogP contribution in [0.15, 0.2) is 24.3 Å². The molecule has 1 rings (SSSR count). The molecule has 0 amide bonds. The summed E-state index contributed by atoms with van der Waals surface area (Å²) in [6.45, 7) is 4.80. The van der Waals surface area contributed by atoms with Gasteiger partial charge in [0, 0.05) is 13.7 Å². The highest BCUT2D eigenvalue weighted by Gasteiger charge is 2.07. The van der Waals surface area contributed by atoms with Crippen molar-refractivity contribution in [3.63, 3.8) is 0 Å². The molecule has 3 heteroatoms. The van der Waals surface area contributed by atoms with E-state index in [9.17, 15) is 4.39 Å². The molecule has 0 fully saturated rings. The molecule has 0 saturated heterocycles. The maximum Gasteiger partial charge on any atom is 0.123 e. The molecule has 1 unspecified atom stereocenters. The van der Waals surface area contributed by atoms with Gasteiger partial charge in [-0.05, 0) is 36.6 Å². The Morgan fingerprint density at radius 1 is 1.29 bits per heavy atom. The van der Waals surface area contributed by atoms with Crippen LogP contribution < -0.4 is 5.32 Å². The van der Waals surface area contributed by atoms with E-state index in [1.165, 1.54) is 17.7 Å². The maximum atomic E-state index is 12.8. The molecule has 1 aromatic carbocycles. The molecule has 2 nitrogen and oxygen atoms in total. The molecule has 1 atom stereocenters. The molecule has 1 N–H and O–H groups in total. The van der Waals surface area contributed by atoms with Crippen molar-refractivity contribution < 1.29 is 9.13 Å². The van der Waals surface area contributed by atoms with Crippen LogP contribution in [-0.2, 0) is 11.2 Å². The van der Waals surface area contributed by atoms with Crippen LogP contribution in [0.2, 0.25) is 0 Å². The number of methoxy groups -OCH3 is 1. The standard InChI is InChI=1S/C14H22FNO/c1-3-12(11-16-8-9-17-2)10-13-4-6-14(15)7-5-13/h4-7,12,16H,3,8-11H2,1-2H3. The van der Waals surface area contributed by atoms with Gasteiger partial charge in [0.2, 0.25) is 0 Å². The minimum atomic E-state index is -0.167. The van der Waals surface area contributed by atoms with Crippen LogP contribution in [-0.4, -0.2) is 26.8 Å². The lowest BCUT2D eigenvalue weighted by atomic mass is 9.97. The summed E-state index contributed by atoms with van der Waals surface area (Å²) in [7, 11) is 1.71. The Morgan fingerprint density at radius 3 is 2.59 bits per heavy atom. The zero-order valence-electron chi connectivity index (χ0n) is 10.7. The second-order valence-corrected chi connectivity index (χ2v) is 4.30. The summed E-state index contributed by atoms with van der Waals surface area (Å²) >= 11 is 0. The molecular weight excluding hydrogens is 217 g/mol. The average molecular weight is 239 g/mol. The van der Waals surface area contributed by atoms with Gasteiger partial charge in [-0.15, -0.1) is 0 Å². The summed E-state index contributed by atoms with van der Waals surface area (Å²) < 4.78 is 17.8. The second kappa shape index (κ2) is 8.20. The van der Waals surface area contributed by atoms with Crippen LogP contribution in [0, 0.1) is 11.7 Å². The third-order valence-corrected chi connectivity index (χ3v) is 2.93. The van der Waals surface area contributed by atoms with Crippen molar-refractivity contribution in [2.75, 3.05) is 26.8 Å². The van der Waals surface area contributed by atoms with E-state index in [0.29, 0.717) is 5.92 Å². The molecule has 17 heavy (non-hydrogen) atoms. The van der Waals surface area contributed by atoms with E-state index in [2.05, 4.69) is 12.2 Å². The van der Waals surface area contributed by atoms with Crippen molar-refractivity contribution in [1.29, 1.82) is 0 Å². The van der Waals surface area contributed by atoms with Gasteiger partial charge in [-0.1, -0.05) is 25.5 Å². The summed E-state index contributed by atoms with van der Waals surface area (Å²) in [5.74, 6) is 0.428. The van der Waals surface area contributed by atoms with Gasteiger partial charge in [0.1, 0.15) is 5.82 Å². The number of halogens is 1. The summed E-state index contributed by atoms with van der Waals surface area (Å²) in [6.07, 6.45) is 2.12. The predicted molar refractivity (Wildman–Crippen MR) is 68.6 cm³/mol. The first-order valence-corrected chi connectivity index (χ1v) is 6.20. The lowest BCUT2D eigenvalue weighted by Crippen LogP contribution is -2.27. The fraction of sp³-hybridized carbons (Fsp3) is 0.571. The van der Waals surface area contributed by atoms with Crippen LogP contribution in [0.5, 0.6) is 0 Å². The molecule has 0 heterocycles. The van der Waals surface area contributed by atoms with Crippen LogP contribution in [0.25, 0.3) is 0 Å². The third kappa shape index (κ3) is 5.80. The highest BCUT2D eigenvalue weighted by molar-refractivity contribution is 5.16. The van der Waals surface area contributed by atoms with Crippen molar-refractivity contribution >= 4 is 0 Å². The Balaban J connectivity index is 2.33. The predicted octanol–water partition coefficient (Wildman–Crippen LogP) is 2.63. The molecule has 0 bridgehead atoms. The largest absolute Gasteiger partial charge is 0.383 e. The molecule has 0 spiro atoms.